The number of nitrogen functional groups attached to an aromatic ring is 1. The maximum Gasteiger partial charge on any atom is 0.272 e. The largest absolute Gasteiger partial charge is 0.474 e. The molecule has 2 aromatic carbocycles. The van der Waals surface area contributed by atoms with Gasteiger partial charge < -0.3 is 20.1 Å². The van der Waals surface area contributed by atoms with E-state index in [0.717, 1.165) is 37.0 Å². The number of rotatable bonds is 8. The number of anilines is 1. The zero-order valence-electron chi connectivity index (χ0n) is 22.2. The topological polar surface area (TPSA) is 93.8 Å². The Bertz CT molecular complexity index is 1300. The van der Waals surface area contributed by atoms with Crippen molar-refractivity contribution in [3.63, 3.8) is 0 Å². The Hall–Kier alpha value is -4.05. The minimum atomic E-state index is -2.60. The molecule has 2 aliphatic heterocycles. The third kappa shape index (κ3) is 7.12. The van der Waals surface area contributed by atoms with E-state index in [1.165, 1.54) is 12.4 Å². The van der Waals surface area contributed by atoms with E-state index in [-0.39, 0.29) is 25.1 Å². The molecule has 2 aliphatic rings. The molecule has 0 saturated carbocycles. The summed E-state index contributed by atoms with van der Waals surface area (Å²) in [5.41, 5.74) is 7.72. The lowest BCUT2D eigenvalue weighted by molar-refractivity contribution is -0.127. The molecular weight excluding hydrogens is 516 g/mol. The van der Waals surface area contributed by atoms with Crippen LogP contribution in [-0.2, 0) is 4.79 Å². The highest BCUT2D eigenvalue weighted by molar-refractivity contribution is 5.87. The SMILES string of the molecule is Nc1ncnc(OC2CCCN(C(=O)/C=C/CN3CC(F)(F)C3)CCC2)c1-c1ccc(Oc2ccccc2)cc1. The summed E-state index contributed by atoms with van der Waals surface area (Å²) in [5, 5.41) is 0. The third-order valence-corrected chi connectivity index (χ3v) is 7.00. The van der Waals surface area contributed by atoms with Crippen molar-refractivity contribution in [3.8, 4) is 28.5 Å². The van der Waals surface area contributed by atoms with Crippen molar-refractivity contribution in [1.82, 2.24) is 19.8 Å². The van der Waals surface area contributed by atoms with Gasteiger partial charge in [0.2, 0.25) is 11.8 Å². The molecule has 0 bridgehead atoms. The Morgan fingerprint density at radius 3 is 2.35 bits per heavy atom. The molecule has 2 saturated heterocycles. The molecule has 0 aliphatic carbocycles. The van der Waals surface area contributed by atoms with Gasteiger partial charge in [0.05, 0.1) is 18.7 Å². The summed E-state index contributed by atoms with van der Waals surface area (Å²) >= 11 is 0. The molecule has 3 aromatic rings. The van der Waals surface area contributed by atoms with Crippen molar-refractivity contribution in [2.24, 2.45) is 0 Å². The number of hydrogen-bond acceptors (Lipinski definition) is 7. The molecule has 0 unspecified atom stereocenters. The number of nitrogens with zero attached hydrogens (tertiary/aromatic N) is 4. The summed E-state index contributed by atoms with van der Waals surface area (Å²) in [6.45, 7) is 1.08. The standard InChI is InChI=1S/C30H33F2N5O3/c31-30(32)19-36(20-30)16-6-11-26(38)37-17-4-9-24(10-5-18-37)40-29-27(28(33)34-21-35-29)22-12-14-25(15-13-22)39-23-7-2-1-3-8-23/h1-3,6-8,11-15,21,24H,4-5,9-10,16-20H2,(H2,33,34,35)/b11-6+. The smallest absolute Gasteiger partial charge is 0.272 e. The van der Waals surface area contributed by atoms with E-state index in [1.807, 2.05) is 59.5 Å². The first-order valence-corrected chi connectivity index (χ1v) is 13.5. The van der Waals surface area contributed by atoms with Crippen LogP contribution < -0.4 is 15.2 Å². The molecule has 0 atom stereocenters. The van der Waals surface area contributed by atoms with Crippen LogP contribution in [0.3, 0.4) is 0 Å². The average Bonchev–Trinajstić information content (AvgIpc) is 2.90. The van der Waals surface area contributed by atoms with Crippen molar-refractivity contribution in [1.29, 1.82) is 0 Å². The Morgan fingerprint density at radius 1 is 1.00 bits per heavy atom. The molecule has 0 radical (unpaired) electrons. The fraction of sp³-hybridized carbons (Fsp3) is 0.367. The summed E-state index contributed by atoms with van der Waals surface area (Å²) in [6, 6.07) is 17.1. The quantitative estimate of drug-likeness (QED) is 0.387. The number of aromatic nitrogens is 2. The van der Waals surface area contributed by atoms with Crippen molar-refractivity contribution in [2.45, 2.75) is 37.7 Å². The lowest BCUT2D eigenvalue weighted by atomic mass is 10.0. The summed E-state index contributed by atoms with van der Waals surface area (Å²) in [7, 11) is 0. The Morgan fingerprint density at radius 2 is 1.68 bits per heavy atom. The van der Waals surface area contributed by atoms with Crippen molar-refractivity contribution in [2.75, 3.05) is 38.5 Å². The molecule has 5 rings (SSSR count). The minimum Gasteiger partial charge on any atom is -0.474 e. The van der Waals surface area contributed by atoms with Gasteiger partial charge >= 0.3 is 0 Å². The highest BCUT2D eigenvalue weighted by Crippen LogP contribution is 2.35. The maximum absolute atomic E-state index is 13.0. The molecule has 8 nitrogen and oxygen atoms in total. The summed E-state index contributed by atoms with van der Waals surface area (Å²) in [4.78, 5) is 24.6. The van der Waals surface area contributed by atoms with E-state index in [9.17, 15) is 13.6 Å². The highest BCUT2D eigenvalue weighted by Gasteiger charge is 2.42. The highest BCUT2D eigenvalue weighted by atomic mass is 19.3. The van der Waals surface area contributed by atoms with Gasteiger partial charge in [0, 0.05) is 25.7 Å². The molecule has 40 heavy (non-hydrogen) atoms. The molecule has 3 heterocycles. The van der Waals surface area contributed by atoms with Crippen LogP contribution in [0.15, 0.2) is 73.1 Å². The van der Waals surface area contributed by atoms with Gasteiger partial charge in [-0.25, -0.2) is 18.7 Å². The minimum absolute atomic E-state index is 0.0744. The number of carbonyl (C=O) groups excluding carboxylic acids is 1. The number of likely N-dealkylation sites (tertiary alicyclic amines) is 2. The van der Waals surface area contributed by atoms with Crippen LogP contribution in [0.2, 0.25) is 0 Å². The Labute approximate surface area is 232 Å². The number of hydrogen-bond donors (Lipinski definition) is 1. The lowest BCUT2D eigenvalue weighted by Gasteiger charge is -2.37. The van der Waals surface area contributed by atoms with E-state index in [0.29, 0.717) is 42.6 Å². The third-order valence-electron chi connectivity index (χ3n) is 7.00. The number of nitrogens with two attached hydrogens (primary N) is 1. The van der Waals surface area contributed by atoms with Gasteiger partial charge in [-0.3, -0.25) is 9.69 Å². The van der Waals surface area contributed by atoms with Crippen LogP contribution >= 0.6 is 0 Å². The summed E-state index contributed by atoms with van der Waals surface area (Å²) in [5.74, 6) is -0.470. The normalized spacial score (nSPS) is 18.1. The van der Waals surface area contributed by atoms with Crippen LogP contribution in [0, 0.1) is 0 Å². The monoisotopic (exact) mass is 549 g/mol. The van der Waals surface area contributed by atoms with Gasteiger partial charge in [-0.15, -0.1) is 0 Å². The number of halogens is 2. The first-order chi connectivity index (χ1) is 19.4. The van der Waals surface area contributed by atoms with Crippen LogP contribution in [0.5, 0.6) is 17.4 Å². The summed E-state index contributed by atoms with van der Waals surface area (Å²) in [6.07, 6.45) is 7.54. The number of ether oxygens (including phenoxy) is 2. The second kappa shape index (κ2) is 12.4. The summed E-state index contributed by atoms with van der Waals surface area (Å²) < 4.78 is 38.2. The second-order valence-electron chi connectivity index (χ2n) is 10.2. The number of benzene rings is 2. The average molecular weight is 550 g/mol. The van der Waals surface area contributed by atoms with Gasteiger partial charge in [-0.2, -0.15) is 0 Å². The molecule has 1 amide bonds. The van der Waals surface area contributed by atoms with Crippen molar-refractivity contribution >= 4 is 11.7 Å². The maximum atomic E-state index is 13.0. The van der Waals surface area contributed by atoms with Crippen LogP contribution in [0.1, 0.15) is 25.7 Å². The van der Waals surface area contributed by atoms with E-state index in [1.54, 1.807) is 11.0 Å². The van der Waals surface area contributed by atoms with Crippen LogP contribution in [0.25, 0.3) is 11.1 Å². The predicted octanol–water partition coefficient (Wildman–Crippen LogP) is 5.18. The van der Waals surface area contributed by atoms with E-state index < -0.39 is 5.92 Å². The molecule has 2 N–H and O–H groups in total. The lowest BCUT2D eigenvalue weighted by Crippen LogP contribution is -2.55. The van der Waals surface area contributed by atoms with Crippen LogP contribution in [-0.4, -0.2) is 70.4 Å². The van der Waals surface area contributed by atoms with Gasteiger partial charge in [-0.1, -0.05) is 36.4 Å². The van der Waals surface area contributed by atoms with Crippen LogP contribution in [0.4, 0.5) is 14.6 Å². The first-order valence-electron chi connectivity index (χ1n) is 13.5. The molecule has 0 spiro atoms. The van der Waals surface area contributed by atoms with Gasteiger partial charge in [0.25, 0.3) is 5.92 Å². The van der Waals surface area contributed by atoms with Gasteiger partial charge in [0.1, 0.15) is 29.7 Å². The number of para-hydroxylation sites is 1. The predicted molar refractivity (Wildman–Crippen MR) is 148 cm³/mol. The zero-order valence-corrected chi connectivity index (χ0v) is 22.2. The van der Waals surface area contributed by atoms with E-state index in [2.05, 4.69) is 9.97 Å². The second-order valence-corrected chi connectivity index (χ2v) is 10.2. The number of carbonyl (C=O) groups is 1. The molecule has 2 fully saturated rings. The number of amides is 1. The number of alkyl halides is 2. The zero-order chi connectivity index (χ0) is 28.0. The molecular formula is C30H33F2N5O3. The Balaban J connectivity index is 1.16. The van der Waals surface area contributed by atoms with Gasteiger partial charge in [0.15, 0.2) is 0 Å². The molecule has 1 aromatic heterocycles. The van der Waals surface area contributed by atoms with Crippen molar-refractivity contribution < 1.29 is 23.0 Å². The van der Waals surface area contributed by atoms with E-state index in [4.69, 9.17) is 15.2 Å². The fourth-order valence-corrected chi connectivity index (χ4v) is 4.97. The molecule has 10 heteroatoms. The fourth-order valence-electron chi connectivity index (χ4n) is 4.97. The van der Waals surface area contributed by atoms with Gasteiger partial charge in [-0.05, 0) is 55.5 Å². The first kappa shape index (κ1) is 27.5. The van der Waals surface area contributed by atoms with Crippen molar-refractivity contribution in [3.05, 3.63) is 73.1 Å². The Kier molecular flexibility index (Phi) is 8.54. The van der Waals surface area contributed by atoms with E-state index >= 15 is 0 Å². The molecule has 210 valence electrons.